The average molecular weight is 439 g/mol. The first-order chi connectivity index (χ1) is 15.7. The number of carbonyl (C=O) groups excluding carboxylic acids is 1. The fraction of sp³-hybridized carbons (Fsp3) is 0.440. The van der Waals surface area contributed by atoms with Crippen molar-refractivity contribution in [3.05, 3.63) is 65.7 Å². The fourth-order valence-electron chi connectivity index (χ4n) is 3.70. The molecule has 0 spiro atoms. The molecule has 32 heavy (non-hydrogen) atoms. The largest absolute Gasteiger partial charge is 0.497 e. The van der Waals surface area contributed by atoms with E-state index in [0.29, 0.717) is 36.9 Å². The highest BCUT2D eigenvalue weighted by Crippen LogP contribution is 2.17. The molecule has 0 aromatic heterocycles. The molecule has 1 aliphatic rings. The van der Waals surface area contributed by atoms with Crippen LogP contribution >= 0.6 is 0 Å². The number of likely N-dealkylation sites (tertiary alicyclic amines) is 1. The first-order valence-electron chi connectivity index (χ1n) is 11.3. The topological polar surface area (TPSA) is 75.2 Å². The summed E-state index contributed by atoms with van der Waals surface area (Å²) in [6, 6.07) is 17.4. The Morgan fingerprint density at radius 2 is 2.00 bits per heavy atom. The van der Waals surface area contributed by atoms with Crippen LogP contribution in [0.2, 0.25) is 0 Å². The van der Waals surface area contributed by atoms with Gasteiger partial charge in [-0.2, -0.15) is 0 Å². The molecule has 7 nitrogen and oxygen atoms in total. The molecule has 2 aromatic rings. The van der Waals surface area contributed by atoms with Gasteiger partial charge in [0.25, 0.3) is 5.91 Å². The Kier molecular flexibility index (Phi) is 9.37. The number of guanidine groups is 1. The first-order valence-corrected chi connectivity index (χ1v) is 11.3. The molecule has 0 saturated carbocycles. The maximum atomic E-state index is 12.3. The molecule has 1 atom stereocenters. The van der Waals surface area contributed by atoms with Crippen LogP contribution < -0.4 is 15.4 Å². The highest BCUT2D eigenvalue weighted by molar-refractivity contribution is 5.94. The molecule has 3 rings (SSSR count). The number of aliphatic imine (C=N–C) groups is 1. The molecule has 0 aliphatic carbocycles. The fourth-order valence-corrected chi connectivity index (χ4v) is 3.70. The smallest absolute Gasteiger partial charge is 0.251 e. The van der Waals surface area contributed by atoms with Gasteiger partial charge < -0.3 is 25.0 Å². The van der Waals surface area contributed by atoms with Crippen LogP contribution in [0.5, 0.6) is 5.75 Å². The summed E-state index contributed by atoms with van der Waals surface area (Å²) in [5, 5.41) is 6.29. The van der Waals surface area contributed by atoms with Crippen LogP contribution in [0.4, 0.5) is 0 Å². The number of carbonyl (C=O) groups is 1. The van der Waals surface area contributed by atoms with Gasteiger partial charge in [-0.15, -0.1) is 0 Å². The molecule has 1 unspecified atom stereocenters. The molecule has 1 fully saturated rings. The second kappa shape index (κ2) is 12.7. The predicted molar refractivity (Wildman–Crippen MR) is 127 cm³/mol. The van der Waals surface area contributed by atoms with Crippen LogP contribution in [0.15, 0.2) is 59.6 Å². The van der Waals surface area contributed by atoms with Crippen molar-refractivity contribution in [2.45, 2.75) is 20.0 Å². The second-order valence-corrected chi connectivity index (χ2v) is 7.82. The number of rotatable bonds is 10. The van der Waals surface area contributed by atoms with Crippen LogP contribution in [0.25, 0.3) is 0 Å². The van der Waals surface area contributed by atoms with E-state index in [4.69, 9.17) is 14.5 Å². The number of benzene rings is 2. The summed E-state index contributed by atoms with van der Waals surface area (Å²) in [5.74, 6) is 1.94. The molecule has 2 N–H and O–H groups in total. The third kappa shape index (κ3) is 7.27. The lowest BCUT2D eigenvalue weighted by Gasteiger charge is -2.21. The van der Waals surface area contributed by atoms with Crippen molar-refractivity contribution in [3.63, 3.8) is 0 Å². The van der Waals surface area contributed by atoms with E-state index in [1.165, 1.54) is 5.56 Å². The van der Waals surface area contributed by atoms with Gasteiger partial charge in [-0.05, 0) is 37.1 Å². The Balaban J connectivity index is 1.42. The van der Waals surface area contributed by atoms with Gasteiger partial charge in [0.1, 0.15) is 5.75 Å². The van der Waals surface area contributed by atoms with Gasteiger partial charge in [0.2, 0.25) is 0 Å². The minimum Gasteiger partial charge on any atom is -0.497 e. The molecule has 1 saturated heterocycles. The minimum atomic E-state index is -0.124. The number of nitrogens with one attached hydrogen (secondary N) is 2. The van der Waals surface area contributed by atoms with E-state index in [0.717, 1.165) is 38.6 Å². The lowest BCUT2D eigenvalue weighted by Crippen LogP contribution is -2.40. The van der Waals surface area contributed by atoms with Crippen molar-refractivity contribution < 1.29 is 14.3 Å². The van der Waals surface area contributed by atoms with Gasteiger partial charge in [0.05, 0.1) is 26.9 Å². The summed E-state index contributed by atoms with van der Waals surface area (Å²) in [5.41, 5.74) is 1.78. The van der Waals surface area contributed by atoms with Crippen LogP contribution in [-0.4, -0.2) is 63.2 Å². The first kappa shape index (κ1) is 23.6. The molecular weight excluding hydrogens is 404 g/mol. The molecule has 0 radical (unpaired) electrons. The molecule has 0 bridgehead atoms. The maximum Gasteiger partial charge on any atom is 0.251 e. The van der Waals surface area contributed by atoms with Gasteiger partial charge >= 0.3 is 0 Å². The Morgan fingerprint density at radius 3 is 2.78 bits per heavy atom. The summed E-state index contributed by atoms with van der Waals surface area (Å²) in [6.07, 6.45) is 1.09. The standard InChI is InChI=1S/C25H34N4O3/c1-3-26-25(28-14-13-27-24(30)22-10-7-11-23(16-22)31-2)29-15-12-21(17-29)19-32-18-20-8-5-4-6-9-20/h4-11,16,21H,3,12-15,17-19H2,1-2H3,(H,26,28)(H,27,30). The zero-order valence-corrected chi connectivity index (χ0v) is 19.0. The zero-order chi connectivity index (χ0) is 22.6. The number of hydrogen-bond acceptors (Lipinski definition) is 4. The summed E-state index contributed by atoms with van der Waals surface area (Å²) in [7, 11) is 1.59. The lowest BCUT2D eigenvalue weighted by atomic mass is 10.1. The normalized spacial score (nSPS) is 16.1. The maximum absolute atomic E-state index is 12.3. The minimum absolute atomic E-state index is 0.124. The number of ether oxygens (including phenoxy) is 2. The van der Waals surface area contributed by atoms with E-state index in [1.807, 2.05) is 30.3 Å². The van der Waals surface area contributed by atoms with Crippen molar-refractivity contribution in [2.24, 2.45) is 10.9 Å². The van der Waals surface area contributed by atoms with Gasteiger partial charge in [0, 0.05) is 37.7 Å². The van der Waals surface area contributed by atoms with Crippen molar-refractivity contribution in [1.82, 2.24) is 15.5 Å². The van der Waals surface area contributed by atoms with Crippen molar-refractivity contribution in [3.8, 4) is 5.75 Å². The number of amides is 1. The second-order valence-electron chi connectivity index (χ2n) is 7.82. The molecule has 1 amide bonds. The summed E-state index contributed by atoms with van der Waals surface area (Å²) >= 11 is 0. The predicted octanol–water partition coefficient (Wildman–Crippen LogP) is 2.93. The quantitative estimate of drug-likeness (QED) is 0.339. The molecule has 172 valence electrons. The van der Waals surface area contributed by atoms with Crippen molar-refractivity contribution >= 4 is 11.9 Å². The van der Waals surface area contributed by atoms with Crippen LogP contribution in [0.1, 0.15) is 29.3 Å². The Hall–Kier alpha value is -3.06. The Bertz CT molecular complexity index is 873. The van der Waals surface area contributed by atoms with Crippen LogP contribution in [0.3, 0.4) is 0 Å². The average Bonchev–Trinajstić information content (AvgIpc) is 3.30. The van der Waals surface area contributed by atoms with Gasteiger partial charge in [-0.3, -0.25) is 9.79 Å². The van der Waals surface area contributed by atoms with E-state index in [2.05, 4.69) is 34.6 Å². The summed E-state index contributed by atoms with van der Waals surface area (Å²) in [6.45, 7) is 7.15. The zero-order valence-electron chi connectivity index (χ0n) is 19.0. The molecule has 7 heteroatoms. The van der Waals surface area contributed by atoms with E-state index in [-0.39, 0.29) is 5.91 Å². The number of hydrogen-bond donors (Lipinski definition) is 2. The SMILES string of the molecule is CCNC(=NCCNC(=O)c1cccc(OC)c1)N1CCC(COCc2ccccc2)C1. The highest BCUT2D eigenvalue weighted by atomic mass is 16.5. The summed E-state index contributed by atoms with van der Waals surface area (Å²) < 4.78 is 11.1. The third-order valence-electron chi connectivity index (χ3n) is 5.38. The highest BCUT2D eigenvalue weighted by Gasteiger charge is 2.25. The van der Waals surface area contributed by atoms with E-state index >= 15 is 0 Å². The molecule has 2 aromatic carbocycles. The van der Waals surface area contributed by atoms with E-state index in [9.17, 15) is 4.79 Å². The van der Waals surface area contributed by atoms with Gasteiger partial charge in [-0.1, -0.05) is 36.4 Å². The number of methoxy groups -OCH3 is 1. The van der Waals surface area contributed by atoms with Gasteiger partial charge in [0.15, 0.2) is 5.96 Å². The summed E-state index contributed by atoms with van der Waals surface area (Å²) in [4.78, 5) is 19.3. The van der Waals surface area contributed by atoms with Crippen molar-refractivity contribution in [2.75, 3.05) is 46.4 Å². The Labute approximate surface area is 190 Å². The third-order valence-corrected chi connectivity index (χ3v) is 5.38. The number of nitrogens with zero attached hydrogens (tertiary/aromatic N) is 2. The molecule has 1 heterocycles. The molecular formula is C25H34N4O3. The monoisotopic (exact) mass is 438 g/mol. The van der Waals surface area contributed by atoms with Crippen LogP contribution in [0, 0.1) is 5.92 Å². The van der Waals surface area contributed by atoms with E-state index < -0.39 is 0 Å². The Morgan fingerprint density at radius 1 is 1.16 bits per heavy atom. The van der Waals surface area contributed by atoms with Crippen molar-refractivity contribution in [1.29, 1.82) is 0 Å². The van der Waals surface area contributed by atoms with E-state index in [1.54, 1.807) is 19.2 Å². The lowest BCUT2D eigenvalue weighted by molar-refractivity contribution is 0.0906. The van der Waals surface area contributed by atoms with Gasteiger partial charge in [-0.25, -0.2) is 0 Å². The van der Waals surface area contributed by atoms with Crippen LogP contribution in [-0.2, 0) is 11.3 Å². The molecule has 1 aliphatic heterocycles.